The fourth-order valence-corrected chi connectivity index (χ4v) is 3.27. The number of hydrogen-bond acceptors (Lipinski definition) is 0. The van der Waals surface area contributed by atoms with Crippen LogP contribution in [0.1, 0.15) is 63.8 Å². The van der Waals surface area contributed by atoms with Gasteiger partial charge in [-0.15, -0.1) is 0 Å². The number of benzene rings is 1. The van der Waals surface area contributed by atoms with E-state index in [1.54, 1.807) is 0 Å². The Morgan fingerprint density at radius 2 is 1.39 bits per heavy atom. The summed E-state index contributed by atoms with van der Waals surface area (Å²) >= 11 is 0. The van der Waals surface area contributed by atoms with E-state index in [2.05, 4.69) is 97.5 Å². The Morgan fingerprint density at radius 3 is 1.87 bits per heavy atom. The molecule has 0 atom stereocenters. The number of pyridine rings is 1. The Kier molecular flexibility index (Phi) is 4.45. The van der Waals surface area contributed by atoms with E-state index in [0.717, 1.165) is 0 Å². The summed E-state index contributed by atoms with van der Waals surface area (Å²) in [5.41, 5.74) is 8.47. The Labute approximate surface area is 142 Å². The Balaban J connectivity index is 2.63. The molecule has 0 N–H and O–H groups in total. The minimum Gasteiger partial charge on any atom is -0.201 e. The lowest BCUT2D eigenvalue weighted by Crippen LogP contribution is -2.33. The number of nitrogens with zero attached hydrogens (tertiary/aromatic N) is 1. The lowest BCUT2D eigenvalue weighted by molar-refractivity contribution is -0.661. The van der Waals surface area contributed by atoms with E-state index in [0.29, 0.717) is 0 Å². The predicted octanol–water partition coefficient (Wildman–Crippen LogP) is 5.39. The highest BCUT2D eigenvalue weighted by Crippen LogP contribution is 2.32. The first-order valence-electron chi connectivity index (χ1n) is 8.53. The summed E-state index contributed by atoms with van der Waals surface area (Å²) in [7, 11) is 2.15. The van der Waals surface area contributed by atoms with Crippen LogP contribution in [-0.4, -0.2) is 0 Å². The first kappa shape index (κ1) is 17.7. The number of aromatic nitrogens is 1. The Bertz CT molecular complexity index is 725. The molecule has 0 aliphatic rings. The zero-order valence-corrected chi connectivity index (χ0v) is 16.3. The summed E-state index contributed by atoms with van der Waals surface area (Å²) < 4.78 is 2.27. The Hall–Kier alpha value is -1.63. The van der Waals surface area contributed by atoms with E-state index in [9.17, 15) is 0 Å². The van der Waals surface area contributed by atoms with Crippen LogP contribution < -0.4 is 4.57 Å². The van der Waals surface area contributed by atoms with Crippen LogP contribution >= 0.6 is 0 Å². The molecule has 23 heavy (non-hydrogen) atoms. The molecule has 0 spiro atoms. The fourth-order valence-electron chi connectivity index (χ4n) is 3.27. The molecule has 0 radical (unpaired) electrons. The van der Waals surface area contributed by atoms with Crippen LogP contribution in [0.3, 0.4) is 0 Å². The first-order chi connectivity index (χ1) is 10.4. The van der Waals surface area contributed by atoms with Crippen LogP contribution in [-0.2, 0) is 17.9 Å². The van der Waals surface area contributed by atoms with Crippen LogP contribution in [0.25, 0.3) is 11.3 Å². The molecule has 1 heterocycles. The highest BCUT2D eigenvalue weighted by molar-refractivity contribution is 5.64. The largest absolute Gasteiger partial charge is 0.212 e. The van der Waals surface area contributed by atoms with Crippen molar-refractivity contribution in [3.8, 4) is 11.3 Å². The van der Waals surface area contributed by atoms with Crippen LogP contribution in [0.4, 0.5) is 0 Å². The highest BCUT2D eigenvalue weighted by atomic mass is 14.9. The van der Waals surface area contributed by atoms with Gasteiger partial charge >= 0.3 is 0 Å². The zero-order chi connectivity index (χ0) is 17.6. The molecule has 0 saturated heterocycles. The third-order valence-electron chi connectivity index (χ3n) is 4.65. The van der Waals surface area contributed by atoms with Gasteiger partial charge in [-0.1, -0.05) is 47.6 Å². The van der Waals surface area contributed by atoms with Gasteiger partial charge in [0, 0.05) is 17.2 Å². The highest BCUT2D eigenvalue weighted by Gasteiger charge is 2.23. The van der Waals surface area contributed by atoms with Gasteiger partial charge in [-0.05, 0) is 53.5 Å². The first-order valence-corrected chi connectivity index (χ1v) is 8.53. The van der Waals surface area contributed by atoms with Gasteiger partial charge in [-0.3, -0.25) is 0 Å². The smallest absolute Gasteiger partial charge is 0.201 e. The standard InChI is InChI=1S/C22H32N/c1-15-12-16(2)19(22(6,7)8)13-18(15)20-11-10-17(14-23(20)9)21(3,4)5/h10-14H,1-9H3/q+1. The summed E-state index contributed by atoms with van der Waals surface area (Å²) in [6, 6.07) is 9.25. The molecule has 1 aromatic heterocycles. The minimum atomic E-state index is 0.163. The summed E-state index contributed by atoms with van der Waals surface area (Å²) in [6.45, 7) is 18.1. The second-order valence-electron chi connectivity index (χ2n) is 8.90. The SMILES string of the molecule is Cc1cc(C)c(C(C)(C)C)cc1-c1ccc(C(C)(C)C)c[n+]1C. The third-order valence-corrected chi connectivity index (χ3v) is 4.65. The van der Waals surface area contributed by atoms with Gasteiger partial charge in [-0.2, -0.15) is 0 Å². The Morgan fingerprint density at radius 1 is 0.783 bits per heavy atom. The van der Waals surface area contributed by atoms with E-state index >= 15 is 0 Å². The number of aryl methyl sites for hydroxylation is 3. The maximum atomic E-state index is 2.39. The van der Waals surface area contributed by atoms with E-state index < -0.39 is 0 Å². The van der Waals surface area contributed by atoms with E-state index in [-0.39, 0.29) is 10.8 Å². The topological polar surface area (TPSA) is 3.88 Å². The maximum Gasteiger partial charge on any atom is 0.212 e. The summed E-state index contributed by atoms with van der Waals surface area (Å²) in [5, 5.41) is 0. The molecule has 124 valence electrons. The molecule has 1 aromatic carbocycles. The molecule has 0 aliphatic carbocycles. The zero-order valence-electron chi connectivity index (χ0n) is 16.3. The third kappa shape index (κ3) is 3.65. The van der Waals surface area contributed by atoms with Gasteiger partial charge < -0.3 is 0 Å². The van der Waals surface area contributed by atoms with E-state index in [4.69, 9.17) is 0 Å². The van der Waals surface area contributed by atoms with E-state index in [1.807, 2.05) is 0 Å². The maximum absolute atomic E-state index is 2.39. The molecule has 0 unspecified atom stereocenters. The van der Waals surface area contributed by atoms with E-state index in [1.165, 1.54) is 33.5 Å². The molecule has 0 aliphatic heterocycles. The van der Waals surface area contributed by atoms with Crippen molar-refractivity contribution in [1.29, 1.82) is 0 Å². The molecule has 2 aromatic rings. The predicted molar refractivity (Wildman–Crippen MR) is 99.9 cm³/mol. The number of rotatable bonds is 1. The van der Waals surface area contributed by atoms with Crippen molar-refractivity contribution < 1.29 is 4.57 Å². The van der Waals surface area contributed by atoms with Crippen molar-refractivity contribution in [2.24, 2.45) is 7.05 Å². The van der Waals surface area contributed by atoms with Crippen molar-refractivity contribution in [3.63, 3.8) is 0 Å². The van der Waals surface area contributed by atoms with Crippen molar-refractivity contribution in [2.45, 2.75) is 66.2 Å². The lowest BCUT2D eigenvalue weighted by Gasteiger charge is -2.23. The molecular weight excluding hydrogens is 278 g/mol. The van der Waals surface area contributed by atoms with Crippen LogP contribution in [0.15, 0.2) is 30.5 Å². The van der Waals surface area contributed by atoms with Crippen LogP contribution in [0.2, 0.25) is 0 Å². The minimum absolute atomic E-state index is 0.163. The van der Waals surface area contributed by atoms with Gasteiger partial charge in [0.1, 0.15) is 7.05 Å². The molecule has 0 saturated carbocycles. The molecule has 0 amide bonds. The van der Waals surface area contributed by atoms with Crippen LogP contribution in [0.5, 0.6) is 0 Å². The average Bonchev–Trinajstić information content (AvgIpc) is 2.36. The second kappa shape index (κ2) is 5.78. The second-order valence-corrected chi connectivity index (χ2v) is 8.90. The summed E-state index contributed by atoms with van der Waals surface area (Å²) in [5.74, 6) is 0. The fraction of sp³-hybridized carbons (Fsp3) is 0.500. The quantitative estimate of drug-likeness (QED) is 0.622. The lowest BCUT2D eigenvalue weighted by atomic mass is 9.81. The van der Waals surface area contributed by atoms with Crippen molar-refractivity contribution in [1.82, 2.24) is 0 Å². The van der Waals surface area contributed by atoms with Gasteiger partial charge in [-0.25, -0.2) is 4.57 Å². The van der Waals surface area contributed by atoms with Crippen molar-refractivity contribution >= 4 is 0 Å². The molecule has 2 rings (SSSR count). The number of hydrogen-bond donors (Lipinski definition) is 0. The molecule has 0 bridgehead atoms. The van der Waals surface area contributed by atoms with Crippen molar-refractivity contribution in [3.05, 3.63) is 52.7 Å². The average molecular weight is 311 g/mol. The van der Waals surface area contributed by atoms with Crippen LogP contribution in [0, 0.1) is 13.8 Å². The van der Waals surface area contributed by atoms with Crippen molar-refractivity contribution in [2.75, 3.05) is 0 Å². The monoisotopic (exact) mass is 310 g/mol. The van der Waals surface area contributed by atoms with Gasteiger partial charge in [0.2, 0.25) is 5.69 Å². The van der Waals surface area contributed by atoms with Gasteiger partial charge in [0.15, 0.2) is 6.20 Å². The summed E-state index contributed by atoms with van der Waals surface area (Å²) in [6.07, 6.45) is 2.27. The molecule has 0 fully saturated rings. The normalized spacial score (nSPS) is 12.6. The molecule has 1 nitrogen and oxygen atoms in total. The molecular formula is C22H32N+. The summed E-state index contributed by atoms with van der Waals surface area (Å²) in [4.78, 5) is 0. The molecule has 1 heteroatoms. The van der Waals surface area contributed by atoms with Gasteiger partial charge in [0.25, 0.3) is 0 Å². The van der Waals surface area contributed by atoms with Gasteiger partial charge in [0.05, 0.1) is 0 Å².